The minimum atomic E-state index is -0.300. The number of aromatic nitrogens is 2. The van der Waals surface area contributed by atoms with Crippen molar-refractivity contribution in [2.75, 3.05) is 30.9 Å². The number of carbonyl (C=O) groups is 1. The van der Waals surface area contributed by atoms with Gasteiger partial charge in [0.15, 0.2) is 0 Å². The van der Waals surface area contributed by atoms with Gasteiger partial charge in [0, 0.05) is 25.5 Å². The molecule has 1 aliphatic heterocycles. The standard InChI is InChI=1S/C24H28N4O2/c1-5-9-19-21(23(29)30-6-2)22(16-12-14-17(15-13-16)27(3)4)28-20-11-8-7-10-18(20)25-24(28)26-19/h7-8,10-15,22H,5-6,9H2,1-4H3,(H,25,26). The number of imidazole rings is 1. The second kappa shape index (κ2) is 8.22. The molecule has 156 valence electrons. The molecule has 0 amide bonds. The van der Waals surface area contributed by atoms with Crippen molar-refractivity contribution in [1.29, 1.82) is 0 Å². The Morgan fingerprint density at radius 3 is 2.53 bits per heavy atom. The number of hydrogen-bond acceptors (Lipinski definition) is 5. The van der Waals surface area contributed by atoms with Crippen LogP contribution in [0.25, 0.3) is 11.0 Å². The molecule has 1 N–H and O–H groups in total. The molecule has 0 radical (unpaired) electrons. The molecule has 0 fully saturated rings. The van der Waals surface area contributed by atoms with E-state index in [9.17, 15) is 4.79 Å². The molecule has 0 saturated carbocycles. The summed E-state index contributed by atoms with van der Waals surface area (Å²) in [5.74, 6) is 0.480. The van der Waals surface area contributed by atoms with E-state index < -0.39 is 0 Å². The minimum absolute atomic E-state index is 0.279. The molecule has 0 aliphatic carbocycles. The number of carbonyl (C=O) groups excluding carboxylic acids is 1. The van der Waals surface area contributed by atoms with Gasteiger partial charge >= 0.3 is 5.97 Å². The number of esters is 1. The van der Waals surface area contributed by atoms with Crippen LogP contribution in [0.3, 0.4) is 0 Å². The highest BCUT2D eigenvalue weighted by molar-refractivity contribution is 5.94. The van der Waals surface area contributed by atoms with Crippen LogP contribution in [-0.4, -0.2) is 36.2 Å². The van der Waals surface area contributed by atoms with Gasteiger partial charge in [0.25, 0.3) is 0 Å². The maximum atomic E-state index is 13.1. The first kappa shape index (κ1) is 20.0. The first-order valence-corrected chi connectivity index (χ1v) is 10.5. The normalized spacial score (nSPS) is 15.7. The Balaban J connectivity index is 1.95. The molecule has 0 spiro atoms. The van der Waals surface area contributed by atoms with Gasteiger partial charge in [-0.05, 0) is 43.2 Å². The fraction of sp³-hybridized carbons (Fsp3) is 0.333. The molecule has 1 unspecified atom stereocenters. The van der Waals surface area contributed by atoms with Gasteiger partial charge < -0.3 is 15.0 Å². The van der Waals surface area contributed by atoms with Crippen molar-refractivity contribution in [2.45, 2.75) is 32.7 Å². The van der Waals surface area contributed by atoms with Crippen LogP contribution < -0.4 is 10.2 Å². The van der Waals surface area contributed by atoms with E-state index in [1.54, 1.807) is 0 Å². The van der Waals surface area contributed by atoms with Gasteiger partial charge in [-0.3, -0.25) is 4.57 Å². The summed E-state index contributed by atoms with van der Waals surface area (Å²) in [6.07, 6.45) is 1.67. The molecule has 6 nitrogen and oxygen atoms in total. The van der Waals surface area contributed by atoms with Crippen LogP contribution in [0, 0.1) is 0 Å². The first-order chi connectivity index (χ1) is 14.5. The fourth-order valence-electron chi connectivity index (χ4n) is 4.05. The summed E-state index contributed by atoms with van der Waals surface area (Å²) < 4.78 is 7.61. The number of nitrogens with zero attached hydrogens (tertiary/aromatic N) is 3. The highest BCUT2D eigenvalue weighted by atomic mass is 16.5. The fourth-order valence-corrected chi connectivity index (χ4v) is 4.05. The van der Waals surface area contributed by atoms with E-state index in [1.165, 1.54) is 0 Å². The molecule has 0 bridgehead atoms. The SMILES string of the molecule is CCCC1=C(C(=O)OCC)C(c2ccc(N(C)C)cc2)n2c(nc3ccccc32)N1. The second-order valence-electron chi connectivity index (χ2n) is 7.67. The van der Waals surface area contributed by atoms with Gasteiger partial charge in [0.1, 0.15) is 0 Å². The summed E-state index contributed by atoms with van der Waals surface area (Å²) in [4.78, 5) is 20.0. The molecule has 6 heteroatoms. The number of fused-ring (bicyclic) bond motifs is 3. The molecule has 1 aromatic heterocycles. The molecule has 3 aromatic rings. The number of para-hydroxylation sites is 2. The van der Waals surface area contributed by atoms with Crippen molar-refractivity contribution >= 4 is 28.6 Å². The lowest BCUT2D eigenvalue weighted by atomic mass is 9.93. The van der Waals surface area contributed by atoms with Crippen molar-refractivity contribution in [1.82, 2.24) is 9.55 Å². The van der Waals surface area contributed by atoms with E-state index in [2.05, 4.69) is 46.0 Å². The summed E-state index contributed by atoms with van der Waals surface area (Å²) in [7, 11) is 4.04. The average molecular weight is 405 g/mol. The molecule has 2 heterocycles. The highest BCUT2D eigenvalue weighted by Crippen LogP contribution is 2.40. The number of anilines is 2. The summed E-state index contributed by atoms with van der Waals surface area (Å²) in [6.45, 7) is 4.29. The van der Waals surface area contributed by atoms with E-state index in [0.717, 1.165) is 46.8 Å². The number of allylic oxidation sites excluding steroid dienone is 1. The molecule has 30 heavy (non-hydrogen) atoms. The van der Waals surface area contributed by atoms with Gasteiger partial charge in [0.2, 0.25) is 5.95 Å². The van der Waals surface area contributed by atoms with E-state index in [-0.39, 0.29) is 12.0 Å². The van der Waals surface area contributed by atoms with Crippen LogP contribution in [0.2, 0.25) is 0 Å². The summed E-state index contributed by atoms with van der Waals surface area (Å²) in [6, 6.07) is 16.1. The third kappa shape index (κ3) is 3.43. The number of benzene rings is 2. The quantitative estimate of drug-likeness (QED) is 0.602. The van der Waals surface area contributed by atoms with E-state index >= 15 is 0 Å². The summed E-state index contributed by atoms with van der Waals surface area (Å²) in [5, 5.41) is 3.43. The van der Waals surface area contributed by atoms with Crippen LogP contribution in [0.15, 0.2) is 59.8 Å². The topological polar surface area (TPSA) is 59.4 Å². The average Bonchev–Trinajstić information content (AvgIpc) is 3.11. The number of rotatable bonds is 6. The van der Waals surface area contributed by atoms with Crippen molar-refractivity contribution in [3.8, 4) is 0 Å². The number of hydrogen-bond donors (Lipinski definition) is 1. The van der Waals surface area contributed by atoms with E-state index in [4.69, 9.17) is 9.72 Å². The molecule has 2 aromatic carbocycles. The smallest absolute Gasteiger partial charge is 0.338 e. The molecule has 0 saturated heterocycles. The van der Waals surface area contributed by atoms with Crippen LogP contribution in [-0.2, 0) is 9.53 Å². The van der Waals surface area contributed by atoms with Crippen LogP contribution >= 0.6 is 0 Å². The predicted octanol–water partition coefficient (Wildman–Crippen LogP) is 4.73. The Hall–Kier alpha value is -3.28. The van der Waals surface area contributed by atoms with Crippen LogP contribution in [0.1, 0.15) is 38.3 Å². The summed E-state index contributed by atoms with van der Waals surface area (Å²) >= 11 is 0. The Morgan fingerprint density at radius 2 is 1.87 bits per heavy atom. The van der Waals surface area contributed by atoms with Crippen molar-refractivity contribution in [3.63, 3.8) is 0 Å². The Labute approximate surface area is 177 Å². The first-order valence-electron chi connectivity index (χ1n) is 10.5. The van der Waals surface area contributed by atoms with Crippen LogP contribution in [0.5, 0.6) is 0 Å². The van der Waals surface area contributed by atoms with Gasteiger partial charge in [-0.15, -0.1) is 0 Å². The van der Waals surface area contributed by atoms with Gasteiger partial charge in [-0.1, -0.05) is 37.6 Å². The second-order valence-corrected chi connectivity index (χ2v) is 7.67. The molecule has 1 aliphatic rings. The maximum Gasteiger partial charge on any atom is 0.338 e. The molecular weight excluding hydrogens is 376 g/mol. The minimum Gasteiger partial charge on any atom is -0.463 e. The largest absolute Gasteiger partial charge is 0.463 e. The predicted molar refractivity (Wildman–Crippen MR) is 121 cm³/mol. The molecule has 1 atom stereocenters. The molecule has 4 rings (SSSR count). The lowest BCUT2D eigenvalue weighted by molar-refractivity contribution is -0.139. The Bertz CT molecular complexity index is 1100. The lowest BCUT2D eigenvalue weighted by Crippen LogP contribution is -2.29. The zero-order chi connectivity index (χ0) is 21.3. The third-order valence-electron chi connectivity index (χ3n) is 5.44. The highest BCUT2D eigenvalue weighted by Gasteiger charge is 2.35. The molecular formula is C24H28N4O2. The zero-order valence-electron chi connectivity index (χ0n) is 18.0. The third-order valence-corrected chi connectivity index (χ3v) is 5.44. The van der Waals surface area contributed by atoms with Crippen molar-refractivity contribution in [2.24, 2.45) is 0 Å². The van der Waals surface area contributed by atoms with Gasteiger partial charge in [-0.25, -0.2) is 9.78 Å². The Kier molecular flexibility index (Phi) is 5.48. The Morgan fingerprint density at radius 1 is 1.13 bits per heavy atom. The lowest BCUT2D eigenvalue weighted by Gasteiger charge is -2.31. The zero-order valence-corrected chi connectivity index (χ0v) is 18.0. The summed E-state index contributed by atoms with van der Waals surface area (Å²) in [5.41, 5.74) is 5.57. The van der Waals surface area contributed by atoms with Crippen molar-refractivity contribution < 1.29 is 9.53 Å². The van der Waals surface area contributed by atoms with Crippen molar-refractivity contribution in [3.05, 3.63) is 65.4 Å². The number of nitrogens with one attached hydrogen (secondary N) is 1. The number of ether oxygens (including phenoxy) is 1. The van der Waals surface area contributed by atoms with E-state index in [1.807, 2.05) is 45.3 Å². The van der Waals surface area contributed by atoms with Gasteiger partial charge in [0.05, 0.1) is 29.3 Å². The van der Waals surface area contributed by atoms with E-state index in [0.29, 0.717) is 12.2 Å². The van der Waals surface area contributed by atoms with Gasteiger partial charge in [-0.2, -0.15) is 0 Å². The monoisotopic (exact) mass is 404 g/mol. The maximum absolute atomic E-state index is 13.1. The van der Waals surface area contributed by atoms with Crippen LogP contribution in [0.4, 0.5) is 11.6 Å².